The maximum atomic E-state index is 16.0. The third-order valence-corrected chi connectivity index (χ3v) is 5.89. The average Bonchev–Trinajstić information content (AvgIpc) is 3.34. The number of esters is 1. The smallest absolute Gasteiger partial charge is 0.350 e. The van der Waals surface area contributed by atoms with E-state index in [1.165, 1.54) is 31.5 Å². The van der Waals surface area contributed by atoms with E-state index in [0.29, 0.717) is 18.5 Å². The molecule has 2 heterocycles. The number of rotatable bonds is 12. The van der Waals surface area contributed by atoms with E-state index in [0.717, 1.165) is 10.2 Å². The number of ether oxygens (including phenoxy) is 2. The second-order valence-corrected chi connectivity index (χ2v) is 8.85. The first-order chi connectivity index (χ1) is 19.7. The lowest BCUT2D eigenvalue weighted by Gasteiger charge is -2.22. The van der Waals surface area contributed by atoms with E-state index in [1.54, 1.807) is 24.3 Å². The number of nitrogen functional groups attached to an aromatic ring is 1. The van der Waals surface area contributed by atoms with Crippen LogP contribution in [0.25, 0.3) is 5.95 Å². The van der Waals surface area contributed by atoms with Gasteiger partial charge >= 0.3 is 11.7 Å². The van der Waals surface area contributed by atoms with E-state index in [-0.39, 0.29) is 53.4 Å². The fourth-order valence-corrected chi connectivity index (χ4v) is 3.99. The molecule has 0 radical (unpaired) electrons. The highest BCUT2D eigenvalue weighted by molar-refractivity contribution is 5.98. The van der Waals surface area contributed by atoms with Crippen molar-refractivity contribution in [2.24, 2.45) is 5.73 Å². The summed E-state index contributed by atoms with van der Waals surface area (Å²) >= 11 is 0. The molecular formula is C27H29FN8O5. The standard InChI is InChI=1S/C27H29FN8O5/c1-3-16-12-19(22(28)21(13-16)40-11-5-10-37)23(25-34-27(39)36(35-25)26-31-8-4-9-32-26)33-17-6-7-18(24(29)30)20(14-17)41-15(2)38/h4,6-9,12-14,23,33,37H,3,5,10-11H2,1-2H3,(H3,29,30)(H,34,35,39)/t23-/m0/s1. The molecule has 41 heavy (non-hydrogen) atoms. The van der Waals surface area contributed by atoms with Crippen molar-refractivity contribution in [3.63, 3.8) is 0 Å². The van der Waals surface area contributed by atoms with Crippen LogP contribution in [0.15, 0.2) is 53.6 Å². The zero-order valence-electron chi connectivity index (χ0n) is 22.3. The number of aromatic amines is 1. The Morgan fingerprint density at radius 3 is 2.66 bits per heavy atom. The number of anilines is 1. The highest BCUT2D eigenvalue weighted by Gasteiger charge is 2.27. The molecule has 214 valence electrons. The summed E-state index contributed by atoms with van der Waals surface area (Å²) in [6.45, 7) is 3.08. The van der Waals surface area contributed by atoms with Crippen LogP contribution < -0.4 is 26.2 Å². The molecule has 6 N–H and O–H groups in total. The fourth-order valence-electron chi connectivity index (χ4n) is 3.99. The Kier molecular flexibility index (Phi) is 9.04. The van der Waals surface area contributed by atoms with Gasteiger partial charge in [-0.15, -0.1) is 9.78 Å². The Morgan fingerprint density at radius 2 is 2.00 bits per heavy atom. The third kappa shape index (κ3) is 6.73. The minimum atomic E-state index is -1.09. The number of nitrogens with two attached hydrogens (primary N) is 1. The van der Waals surface area contributed by atoms with Crippen molar-refractivity contribution in [1.82, 2.24) is 24.7 Å². The topological polar surface area (TPSA) is 194 Å². The summed E-state index contributed by atoms with van der Waals surface area (Å²) in [5.74, 6) is -1.62. The zero-order valence-corrected chi connectivity index (χ0v) is 22.3. The Labute approximate surface area is 233 Å². The highest BCUT2D eigenvalue weighted by Crippen LogP contribution is 2.34. The molecule has 0 spiro atoms. The van der Waals surface area contributed by atoms with Gasteiger partial charge in [-0.25, -0.2) is 19.2 Å². The van der Waals surface area contributed by atoms with Crippen LogP contribution in [0.5, 0.6) is 11.5 Å². The largest absolute Gasteiger partial charge is 0.490 e. The molecule has 14 heteroatoms. The van der Waals surface area contributed by atoms with Crippen molar-refractivity contribution in [1.29, 1.82) is 5.41 Å². The maximum absolute atomic E-state index is 16.0. The van der Waals surface area contributed by atoms with Crippen LogP contribution in [0.1, 0.15) is 48.8 Å². The number of aliphatic hydroxyl groups is 1. The first-order valence-corrected chi connectivity index (χ1v) is 12.7. The third-order valence-electron chi connectivity index (χ3n) is 5.89. The fraction of sp³-hybridized carbons (Fsp3) is 0.259. The summed E-state index contributed by atoms with van der Waals surface area (Å²) in [5, 5.41) is 24.4. The van der Waals surface area contributed by atoms with Crippen molar-refractivity contribution >= 4 is 17.5 Å². The minimum Gasteiger partial charge on any atom is -0.490 e. The van der Waals surface area contributed by atoms with Gasteiger partial charge in [-0.1, -0.05) is 13.0 Å². The molecule has 1 atom stereocenters. The Balaban J connectivity index is 1.86. The molecule has 0 aliphatic heterocycles. The number of aryl methyl sites for hydroxylation is 1. The van der Waals surface area contributed by atoms with Crippen LogP contribution in [0.4, 0.5) is 10.1 Å². The number of nitrogens with zero attached hydrogens (tertiary/aromatic N) is 4. The number of H-pyrrole nitrogens is 1. The first kappa shape index (κ1) is 28.9. The minimum absolute atomic E-state index is 0.0116. The Morgan fingerprint density at radius 1 is 1.24 bits per heavy atom. The molecule has 2 aromatic carbocycles. The van der Waals surface area contributed by atoms with Crippen LogP contribution >= 0.6 is 0 Å². The molecule has 0 bridgehead atoms. The van der Waals surface area contributed by atoms with Gasteiger partial charge in [-0.3, -0.25) is 15.2 Å². The second kappa shape index (κ2) is 12.8. The van der Waals surface area contributed by atoms with Gasteiger partial charge in [0.2, 0.25) is 0 Å². The monoisotopic (exact) mass is 564 g/mol. The van der Waals surface area contributed by atoms with Gasteiger partial charge in [0.25, 0.3) is 5.95 Å². The summed E-state index contributed by atoms with van der Waals surface area (Å²) in [7, 11) is 0. The van der Waals surface area contributed by atoms with Gasteiger partial charge in [0.1, 0.15) is 17.6 Å². The molecular weight excluding hydrogens is 535 g/mol. The van der Waals surface area contributed by atoms with Crippen LogP contribution in [-0.2, 0) is 11.2 Å². The quantitative estimate of drug-likeness (QED) is 0.0560. The normalized spacial score (nSPS) is 11.6. The lowest BCUT2D eigenvalue weighted by molar-refractivity contribution is -0.131. The Bertz CT molecular complexity index is 1610. The number of carbonyl (C=O) groups excluding carboxylic acids is 1. The number of amidine groups is 1. The number of benzene rings is 2. The van der Waals surface area contributed by atoms with Gasteiger partial charge in [-0.05, 0) is 36.2 Å². The Hall–Kier alpha value is -5.11. The summed E-state index contributed by atoms with van der Waals surface area (Å²) in [5.41, 5.74) is 6.35. The van der Waals surface area contributed by atoms with E-state index in [1.807, 2.05) is 6.92 Å². The average molecular weight is 565 g/mol. The molecule has 0 aliphatic carbocycles. The van der Waals surface area contributed by atoms with Crippen molar-refractivity contribution in [2.75, 3.05) is 18.5 Å². The maximum Gasteiger partial charge on any atom is 0.350 e. The summed E-state index contributed by atoms with van der Waals surface area (Å²) in [6.07, 6.45) is 3.75. The number of nitrogens with one attached hydrogen (secondary N) is 3. The molecule has 2 aromatic heterocycles. The predicted molar refractivity (Wildman–Crippen MR) is 147 cm³/mol. The zero-order chi connectivity index (χ0) is 29.5. The molecule has 0 unspecified atom stereocenters. The van der Waals surface area contributed by atoms with Crippen LogP contribution in [0.2, 0.25) is 0 Å². The second-order valence-electron chi connectivity index (χ2n) is 8.85. The number of hydrogen-bond acceptors (Lipinski definition) is 10. The van der Waals surface area contributed by atoms with Crippen molar-refractivity contribution in [3.05, 3.63) is 87.6 Å². The van der Waals surface area contributed by atoms with E-state index in [4.69, 9.17) is 25.7 Å². The molecule has 0 amide bonds. The number of hydrogen-bond donors (Lipinski definition) is 5. The summed E-state index contributed by atoms with van der Waals surface area (Å²) < 4.78 is 27.8. The van der Waals surface area contributed by atoms with E-state index in [2.05, 4.69) is 25.4 Å². The van der Waals surface area contributed by atoms with E-state index >= 15 is 4.39 Å². The molecule has 4 rings (SSSR count). The lowest BCUT2D eigenvalue weighted by Crippen LogP contribution is -2.19. The number of aliphatic hydroxyl groups excluding tert-OH is 1. The summed E-state index contributed by atoms with van der Waals surface area (Å²) in [6, 6.07) is 8.16. The molecule has 0 saturated carbocycles. The van der Waals surface area contributed by atoms with Gasteiger partial charge < -0.3 is 25.6 Å². The van der Waals surface area contributed by atoms with Crippen LogP contribution in [-0.4, -0.2) is 54.9 Å². The first-order valence-electron chi connectivity index (χ1n) is 12.7. The number of aromatic nitrogens is 5. The number of halogens is 1. The van der Waals surface area contributed by atoms with E-state index in [9.17, 15) is 9.59 Å². The van der Waals surface area contributed by atoms with Gasteiger partial charge in [0.15, 0.2) is 17.4 Å². The molecule has 0 saturated heterocycles. The summed E-state index contributed by atoms with van der Waals surface area (Å²) in [4.78, 5) is 35.3. The van der Waals surface area contributed by atoms with Gasteiger partial charge in [0.05, 0.1) is 12.2 Å². The van der Waals surface area contributed by atoms with Gasteiger partial charge in [0, 0.05) is 49.7 Å². The molecule has 4 aromatic rings. The van der Waals surface area contributed by atoms with Crippen molar-refractivity contribution < 1.29 is 23.8 Å². The number of carbonyl (C=O) groups is 1. The lowest BCUT2D eigenvalue weighted by atomic mass is 10.00. The highest BCUT2D eigenvalue weighted by atomic mass is 19.1. The van der Waals surface area contributed by atoms with Gasteiger partial charge in [-0.2, -0.15) is 0 Å². The molecule has 0 aliphatic rings. The SMILES string of the molecule is CCc1cc(OCCCO)c(F)c([C@H](Nc2ccc(C(=N)N)c(OC(C)=O)c2)c2nn(-c3ncccn3)c(=O)[nH]2)c1. The van der Waals surface area contributed by atoms with Crippen LogP contribution in [0, 0.1) is 11.2 Å². The molecule has 13 nitrogen and oxygen atoms in total. The van der Waals surface area contributed by atoms with E-state index < -0.39 is 23.5 Å². The predicted octanol–water partition coefficient (Wildman–Crippen LogP) is 2.22. The van der Waals surface area contributed by atoms with Crippen molar-refractivity contribution in [2.45, 2.75) is 32.7 Å². The molecule has 0 fully saturated rings. The van der Waals surface area contributed by atoms with Crippen LogP contribution in [0.3, 0.4) is 0 Å². The van der Waals surface area contributed by atoms with Crippen molar-refractivity contribution in [3.8, 4) is 17.4 Å².